The summed E-state index contributed by atoms with van der Waals surface area (Å²) in [5.41, 5.74) is 0.784. The Morgan fingerprint density at radius 1 is 1.00 bits per heavy atom. The maximum Gasteiger partial charge on any atom is 0.323 e. The highest BCUT2D eigenvalue weighted by Gasteiger charge is 2.17. The van der Waals surface area contributed by atoms with Crippen molar-refractivity contribution in [3.63, 3.8) is 0 Å². The van der Waals surface area contributed by atoms with Gasteiger partial charge >= 0.3 is 5.97 Å². The van der Waals surface area contributed by atoms with Gasteiger partial charge in [0, 0.05) is 0 Å². The summed E-state index contributed by atoms with van der Waals surface area (Å²) in [5.74, 6) is 0.601. The number of hydrogen-bond acceptors (Lipinski definition) is 4. The number of rotatable bonds is 7. The number of methoxy groups -OCH3 is 1. The van der Waals surface area contributed by atoms with Gasteiger partial charge in [0.05, 0.1) is 7.11 Å². The van der Waals surface area contributed by atoms with Gasteiger partial charge in [0.25, 0.3) is 0 Å². The average molecular weight is 383 g/mol. The molecule has 2 aromatic rings. The molecule has 0 amide bonds. The number of ether oxygens (including phenoxy) is 3. The zero-order valence-corrected chi connectivity index (χ0v) is 14.1. The molecule has 0 aliphatic heterocycles. The molecule has 0 bridgehead atoms. The van der Waals surface area contributed by atoms with Crippen LogP contribution in [0.4, 0.5) is 4.39 Å². The maximum atomic E-state index is 12.7. The summed E-state index contributed by atoms with van der Waals surface area (Å²) in [5, 5.41) is 0. The van der Waals surface area contributed by atoms with Crippen molar-refractivity contribution in [3.8, 4) is 11.5 Å². The smallest absolute Gasteiger partial charge is 0.323 e. The molecule has 0 spiro atoms. The normalized spacial score (nSPS) is 11.6. The first-order chi connectivity index (χ1) is 11.1. The Morgan fingerprint density at radius 2 is 1.48 bits per heavy atom. The van der Waals surface area contributed by atoms with Gasteiger partial charge in [-0.25, -0.2) is 4.39 Å². The first-order valence-electron chi connectivity index (χ1n) is 6.93. The molecule has 1 atom stereocenters. The number of benzene rings is 2. The molecule has 4 nitrogen and oxygen atoms in total. The van der Waals surface area contributed by atoms with Gasteiger partial charge in [0.2, 0.25) is 0 Å². The number of carbonyl (C=O) groups is 1. The molecule has 2 rings (SSSR count). The SMILES string of the molecule is COC(=O)C(Br)c1ccc(OCCOc2ccc(F)cc2)cc1. The Hall–Kier alpha value is -2.08. The molecule has 0 radical (unpaired) electrons. The highest BCUT2D eigenvalue weighted by molar-refractivity contribution is 9.09. The zero-order valence-electron chi connectivity index (χ0n) is 12.5. The third-order valence-corrected chi connectivity index (χ3v) is 3.92. The van der Waals surface area contributed by atoms with Crippen LogP contribution >= 0.6 is 15.9 Å². The van der Waals surface area contributed by atoms with Gasteiger partial charge in [-0.3, -0.25) is 4.79 Å². The van der Waals surface area contributed by atoms with Gasteiger partial charge in [0.15, 0.2) is 0 Å². The van der Waals surface area contributed by atoms with E-state index in [2.05, 4.69) is 20.7 Å². The van der Waals surface area contributed by atoms with E-state index in [4.69, 9.17) is 9.47 Å². The summed E-state index contributed by atoms with van der Waals surface area (Å²) in [6.07, 6.45) is 0. The van der Waals surface area contributed by atoms with Crippen molar-refractivity contribution in [1.29, 1.82) is 0 Å². The summed E-state index contributed by atoms with van der Waals surface area (Å²) in [6.45, 7) is 0.697. The lowest BCUT2D eigenvalue weighted by Gasteiger charge is -2.10. The first kappa shape index (κ1) is 17.3. The van der Waals surface area contributed by atoms with Crippen LogP contribution in [0.2, 0.25) is 0 Å². The third-order valence-electron chi connectivity index (χ3n) is 3.02. The van der Waals surface area contributed by atoms with Crippen LogP contribution in [0.5, 0.6) is 11.5 Å². The predicted molar refractivity (Wildman–Crippen MR) is 87.5 cm³/mol. The Morgan fingerprint density at radius 3 is 1.96 bits per heavy atom. The molecule has 23 heavy (non-hydrogen) atoms. The summed E-state index contributed by atoms with van der Waals surface area (Å²) in [6, 6.07) is 12.9. The van der Waals surface area contributed by atoms with Crippen molar-refractivity contribution in [3.05, 3.63) is 59.9 Å². The van der Waals surface area contributed by atoms with E-state index in [9.17, 15) is 9.18 Å². The molecule has 6 heteroatoms. The first-order valence-corrected chi connectivity index (χ1v) is 7.85. The monoisotopic (exact) mass is 382 g/mol. The highest BCUT2D eigenvalue weighted by atomic mass is 79.9. The van der Waals surface area contributed by atoms with Crippen LogP contribution in [0.15, 0.2) is 48.5 Å². The van der Waals surface area contributed by atoms with Crippen molar-refractivity contribution >= 4 is 21.9 Å². The molecule has 1 unspecified atom stereocenters. The van der Waals surface area contributed by atoms with E-state index in [1.54, 1.807) is 36.4 Å². The van der Waals surface area contributed by atoms with Gasteiger partial charge < -0.3 is 14.2 Å². The van der Waals surface area contributed by atoms with Crippen LogP contribution in [0.3, 0.4) is 0 Å². The Kier molecular flexibility index (Phi) is 6.40. The lowest BCUT2D eigenvalue weighted by Crippen LogP contribution is -2.10. The fourth-order valence-electron chi connectivity index (χ4n) is 1.82. The second kappa shape index (κ2) is 8.53. The molecule has 122 valence electrons. The highest BCUT2D eigenvalue weighted by Crippen LogP contribution is 2.25. The molecule has 2 aromatic carbocycles. The van der Waals surface area contributed by atoms with Crippen molar-refractivity contribution in [2.24, 2.45) is 0 Å². The molecule has 0 saturated heterocycles. The zero-order chi connectivity index (χ0) is 16.7. The largest absolute Gasteiger partial charge is 0.490 e. The van der Waals surface area contributed by atoms with Gasteiger partial charge in [-0.05, 0) is 42.0 Å². The van der Waals surface area contributed by atoms with E-state index < -0.39 is 4.83 Å². The van der Waals surface area contributed by atoms with E-state index in [1.807, 2.05) is 0 Å². The van der Waals surface area contributed by atoms with Crippen molar-refractivity contribution in [2.45, 2.75) is 4.83 Å². The van der Waals surface area contributed by atoms with Crippen molar-refractivity contribution in [2.75, 3.05) is 20.3 Å². The summed E-state index contributed by atoms with van der Waals surface area (Å²) < 4.78 is 28.4. The lowest BCUT2D eigenvalue weighted by molar-refractivity contribution is -0.139. The molecule has 0 aliphatic rings. The molecule has 0 fully saturated rings. The van der Waals surface area contributed by atoms with Crippen LogP contribution in [-0.2, 0) is 9.53 Å². The minimum absolute atomic E-state index is 0.300. The average Bonchev–Trinajstić information content (AvgIpc) is 2.59. The van der Waals surface area contributed by atoms with E-state index >= 15 is 0 Å². The summed E-state index contributed by atoms with van der Waals surface area (Å²) >= 11 is 3.27. The molecule has 0 N–H and O–H groups in total. The standard InChI is InChI=1S/C17H16BrFO4/c1-21-17(20)16(18)12-2-6-14(7-3-12)22-10-11-23-15-8-4-13(19)5-9-15/h2-9,16H,10-11H2,1H3. The maximum absolute atomic E-state index is 12.7. The molecule has 0 aromatic heterocycles. The Bertz CT molecular complexity index is 628. The van der Waals surface area contributed by atoms with E-state index in [0.717, 1.165) is 5.56 Å². The van der Waals surface area contributed by atoms with Gasteiger partial charge in [-0.15, -0.1) is 0 Å². The number of hydrogen-bond donors (Lipinski definition) is 0. The Balaban J connectivity index is 1.78. The minimum atomic E-state index is -0.497. The molecular formula is C17H16BrFO4. The number of esters is 1. The fraction of sp³-hybridized carbons (Fsp3) is 0.235. The number of halogens is 2. The molecule has 0 aliphatic carbocycles. The summed E-state index contributed by atoms with van der Waals surface area (Å²) in [7, 11) is 1.34. The molecular weight excluding hydrogens is 367 g/mol. The van der Waals surface area contributed by atoms with Gasteiger partial charge in [0.1, 0.15) is 35.4 Å². The fourth-order valence-corrected chi connectivity index (χ4v) is 2.31. The second-order valence-corrected chi connectivity index (χ2v) is 5.52. The van der Waals surface area contributed by atoms with Crippen molar-refractivity contribution in [1.82, 2.24) is 0 Å². The molecule has 0 heterocycles. The predicted octanol–water partition coefficient (Wildman–Crippen LogP) is 3.89. The lowest BCUT2D eigenvalue weighted by atomic mass is 10.1. The number of carbonyl (C=O) groups excluding carboxylic acids is 1. The van der Waals surface area contributed by atoms with Crippen LogP contribution < -0.4 is 9.47 Å². The van der Waals surface area contributed by atoms with Crippen LogP contribution in [0.25, 0.3) is 0 Å². The van der Waals surface area contributed by atoms with Crippen LogP contribution in [-0.4, -0.2) is 26.3 Å². The third kappa shape index (κ3) is 5.25. The van der Waals surface area contributed by atoms with Crippen molar-refractivity contribution < 1.29 is 23.4 Å². The summed E-state index contributed by atoms with van der Waals surface area (Å²) in [4.78, 5) is 10.9. The topological polar surface area (TPSA) is 44.8 Å². The van der Waals surface area contributed by atoms with Crippen LogP contribution in [0, 0.1) is 5.82 Å². The minimum Gasteiger partial charge on any atom is -0.490 e. The molecule has 0 saturated carbocycles. The quantitative estimate of drug-likeness (QED) is 0.414. The van der Waals surface area contributed by atoms with Gasteiger partial charge in [-0.1, -0.05) is 28.1 Å². The number of alkyl halides is 1. The van der Waals surface area contributed by atoms with E-state index in [1.165, 1.54) is 19.2 Å². The van der Waals surface area contributed by atoms with Gasteiger partial charge in [-0.2, -0.15) is 0 Å². The van der Waals surface area contributed by atoms with E-state index in [-0.39, 0.29) is 11.8 Å². The Labute approximate surface area is 142 Å². The van der Waals surface area contributed by atoms with E-state index in [0.29, 0.717) is 24.7 Å². The van der Waals surface area contributed by atoms with Crippen LogP contribution in [0.1, 0.15) is 10.4 Å². The second-order valence-electron chi connectivity index (χ2n) is 4.61.